The molecule has 0 aromatic heterocycles. The number of hydrogen-bond donors (Lipinski definition) is 1. The molecule has 0 radical (unpaired) electrons. The molecule has 1 atom stereocenters. The Morgan fingerprint density at radius 2 is 1.68 bits per heavy atom. The van der Waals surface area contributed by atoms with E-state index >= 15 is 0 Å². The van der Waals surface area contributed by atoms with Crippen LogP contribution < -0.4 is 4.72 Å². The molecule has 0 aliphatic carbocycles. The van der Waals surface area contributed by atoms with Crippen molar-refractivity contribution in [1.29, 1.82) is 0 Å². The smallest absolute Gasteiger partial charge is 0.283 e. The fourth-order valence-electron chi connectivity index (χ4n) is 2.65. The van der Waals surface area contributed by atoms with E-state index in [1.165, 1.54) is 0 Å². The van der Waals surface area contributed by atoms with Crippen molar-refractivity contribution in [2.75, 3.05) is 6.54 Å². The van der Waals surface area contributed by atoms with Gasteiger partial charge in [-0.25, -0.2) is 8.42 Å². The van der Waals surface area contributed by atoms with E-state index in [2.05, 4.69) is 4.72 Å². The van der Waals surface area contributed by atoms with Crippen molar-refractivity contribution in [1.82, 2.24) is 9.62 Å². The van der Waals surface area contributed by atoms with Gasteiger partial charge in [0.25, 0.3) is 0 Å². The van der Waals surface area contributed by atoms with Gasteiger partial charge in [-0.15, -0.1) is 0 Å². The lowest BCUT2D eigenvalue weighted by atomic mass is 10.1. The van der Waals surface area contributed by atoms with Gasteiger partial charge in [-0.05, 0) is 36.2 Å². The number of nitrogens with one attached hydrogen (secondary N) is 1. The van der Waals surface area contributed by atoms with Crippen LogP contribution in [0.3, 0.4) is 0 Å². The molecular formula is C17H17F3N2O2S. The summed E-state index contributed by atoms with van der Waals surface area (Å²) in [6, 6.07) is 13.2. The van der Waals surface area contributed by atoms with Crippen LogP contribution in [0.2, 0.25) is 0 Å². The zero-order chi connectivity index (χ0) is 18.1. The number of sulfonamides is 1. The number of benzene rings is 2. The third kappa shape index (κ3) is 4.20. The summed E-state index contributed by atoms with van der Waals surface area (Å²) in [5.74, 6) is 0. The number of nitrogens with zero attached hydrogens (tertiary/aromatic N) is 1. The lowest BCUT2D eigenvalue weighted by Crippen LogP contribution is -2.56. The van der Waals surface area contributed by atoms with Gasteiger partial charge < -0.3 is 0 Å². The second-order valence-electron chi connectivity index (χ2n) is 5.90. The van der Waals surface area contributed by atoms with Crippen molar-refractivity contribution in [2.24, 2.45) is 0 Å². The summed E-state index contributed by atoms with van der Waals surface area (Å²) in [5, 5.41) is 0. The van der Waals surface area contributed by atoms with Gasteiger partial charge in [0.1, 0.15) is 0 Å². The Kier molecular flexibility index (Phi) is 4.86. The zero-order valence-corrected chi connectivity index (χ0v) is 14.0. The molecule has 1 aliphatic heterocycles. The molecule has 2 aromatic rings. The van der Waals surface area contributed by atoms with Crippen LogP contribution in [0.15, 0.2) is 59.5 Å². The summed E-state index contributed by atoms with van der Waals surface area (Å²) in [6.45, 7) is 1.37. The number of halogens is 3. The van der Waals surface area contributed by atoms with Crippen LogP contribution >= 0.6 is 0 Å². The summed E-state index contributed by atoms with van der Waals surface area (Å²) in [6.07, 6.45) is -4.18. The molecule has 25 heavy (non-hydrogen) atoms. The van der Waals surface area contributed by atoms with E-state index in [1.807, 2.05) is 35.2 Å². The van der Waals surface area contributed by atoms with E-state index in [1.54, 1.807) is 0 Å². The minimum absolute atomic E-state index is 0.174. The first-order valence-electron chi connectivity index (χ1n) is 7.73. The predicted octanol–water partition coefficient (Wildman–Crippen LogP) is 3.22. The highest BCUT2D eigenvalue weighted by Crippen LogP contribution is 2.30. The van der Waals surface area contributed by atoms with E-state index < -0.39 is 21.8 Å². The largest absolute Gasteiger partial charge is 0.416 e. The summed E-state index contributed by atoms with van der Waals surface area (Å²) in [4.78, 5) is 1.80. The fraction of sp³-hybridized carbons (Fsp3) is 0.294. The number of alkyl halides is 3. The van der Waals surface area contributed by atoms with Crippen LogP contribution in [-0.4, -0.2) is 26.0 Å². The Labute approximate surface area is 144 Å². The molecule has 0 spiro atoms. The second-order valence-corrected chi connectivity index (χ2v) is 7.62. The highest BCUT2D eigenvalue weighted by atomic mass is 32.2. The Hall–Kier alpha value is -1.90. The van der Waals surface area contributed by atoms with Crippen LogP contribution in [0.5, 0.6) is 0 Å². The van der Waals surface area contributed by atoms with Crippen molar-refractivity contribution in [3.63, 3.8) is 0 Å². The lowest BCUT2D eigenvalue weighted by Gasteiger charge is -2.41. The molecule has 8 heteroatoms. The summed E-state index contributed by atoms with van der Waals surface area (Å²) in [5.41, 5.74) is 0.196. The molecule has 1 aliphatic rings. The predicted molar refractivity (Wildman–Crippen MR) is 87.0 cm³/mol. The van der Waals surface area contributed by atoms with Crippen molar-refractivity contribution >= 4 is 10.0 Å². The molecule has 1 heterocycles. The molecule has 2 aromatic carbocycles. The van der Waals surface area contributed by atoms with Gasteiger partial charge in [0.05, 0.1) is 16.6 Å². The van der Waals surface area contributed by atoms with Crippen LogP contribution in [-0.2, 0) is 22.7 Å². The average molecular weight is 370 g/mol. The average Bonchev–Trinajstić information content (AvgIpc) is 2.57. The van der Waals surface area contributed by atoms with E-state index in [0.717, 1.165) is 36.4 Å². The van der Waals surface area contributed by atoms with Crippen LogP contribution in [0.4, 0.5) is 13.2 Å². The molecule has 0 bridgehead atoms. The summed E-state index contributed by atoms with van der Waals surface area (Å²) >= 11 is 0. The van der Waals surface area contributed by atoms with Gasteiger partial charge >= 0.3 is 6.18 Å². The monoisotopic (exact) mass is 370 g/mol. The van der Waals surface area contributed by atoms with Gasteiger partial charge in [0, 0.05) is 13.1 Å². The number of likely N-dealkylation sites (tertiary alicyclic amines) is 1. The standard InChI is InChI=1S/C17H17F3N2O2S/c18-17(19,20)14-6-8-15(9-7-14)25(23,24)21-16-10-11-22(16)12-13-4-2-1-3-5-13/h1-9,16,21H,10-12H2. The Balaban J connectivity index is 1.67. The first-order chi connectivity index (χ1) is 11.8. The molecular weight excluding hydrogens is 353 g/mol. The second kappa shape index (κ2) is 6.78. The highest BCUT2D eigenvalue weighted by molar-refractivity contribution is 7.89. The lowest BCUT2D eigenvalue weighted by molar-refractivity contribution is -0.137. The molecule has 134 valence electrons. The van der Waals surface area contributed by atoms with Gasteiger partial charge in [-0.3, -0.25) is 4.90 Å². The van der Waals surface area contributed by atoms with Crippen molar-refractivity contribution < 1.29 is 21.6 Å². The molecule has 1 unspecified atom stereocenters. The van der Waals surface area contributed by atoms with Crippen molar-refractivity contribution in [2.45, 2.75) is 30.2 Å². The molecule has 3 rings (SSSR count). The molecule has 1 N–H and O–H groups in total. The maximum atomic E-state index is 12.6. The maximum Gasteiger partial charge on any atom is 0.416 e. The van der Waals surface area contributed by atoms with Crippen LogP contribution in [0.1, 0.15) is 17.5 Å². The normalized spacial score (nSPS) is 18.8. The third-order valence-corrected chi connectivity index (χ3v) is 5.62. The maximum absolute atomic E-state index is 12.6. The minimum Gasteiger partial charge on any atom is -0.283 e. The van der Waals surface area contributed by atoms with Gasteiger partial charge in [0.2, 0.25) is 10.0 Å². The molecule has 0 amide bonds. The fourth-order valence-corrected chi connectivity index (χ4v) is 3.91. The molecule has 0 saturated carbocycles. The van der Waals surface area contributed by atoms with Gasteiger partial charge in [0.15, 0.2) is 0 Å². The SMILES string of the molecule is O=S(=O)(NC1CCN1Cc1ccccc1)c1ccc(C(F)(F)F)cc1. The number of hydrogen-bond acceptors (Lipinski definition) is 3. The van der Waals surface area contributed by atoms with E-state index in [-0.39, 0.29) is 11.1 Å². The Bertz CT molecular complexity index is 821. The molecule has 1 fully saturated rings. The van der Waals surface area contributed by atoms with Gasteiger partial charge in [-0.1, -0.05) is 30.3 Å². The quantitative estimate of drug-likeness (QED) is 0.879. The molecule has 1 saturated heterocycles. The van der Waals surface area contributed by atoms with E-state index in [4.69, 9.17) is 0 Å². The van der Waals surface area contributed by atoms with Crippen molar-refractivity contribution in [3.8, 4) is 0 Å². The van der Waals surface area contributed by atoms with E-state index in [9.17, 15) is 21.6 Å². The highest BCUT2D eigenvalue weighted by Gasteiger charge is 2.33. The zero-order valence-electron chi connectivity index (χ0n) is 13.2. The Morgan fingerprint density at radius 3 is 2.20 bits per heavy atom. The third-order valence-electron chi connectivity index (χ3n) is 4.14. The Morgan fingerprint density at radius 1 is 1.04 bits per heavy atom. The van der Waals surface area contributed by atoms with Crippen LogP contribution in [0, 0.1) is 0 Å². The van der Waals surface area contributed by atoms with Gasteiger partial charge in [-0.2, -0.15) is 17.9 Å². The van der Waals surface area contributed by atoms with Crippen molar-refractivity contribution in [3.05, 3.63) is 65.7 Å². The number of rotatable bonds is 5. The molecule has 4 nitrogen and oxygen atoms in total. The first-order valence-corrected chi connectivity index (χ1v) is 9.21. The minimum atomic E-state index is -4.49. The topological polar surface area (TPSA) is 49.4 Å². The summed E-state index contributed by atoms with van der Waals surface area (Å²) < 4.78 is 65.0. The van der Waals surface area contributed by atoms with E-state index in [0.29, 0.717) is 13.0 Å². The first kappa shape index (κ1) is 17.9. The summed E-state index contributed by atoms with van der Waals surface area (Å²) in [7, 11) is -3.87. The van der Waals surface area contributed by atoms with Crippen LogP contribution in [0.25, 0.3) is 0 Å².